The SMILES string of the molecule is O=C(Cc1ccc2c(c1)CCN(C1CCC1)CC2)NC1CCOCC1. The van der Waals surface area contributed by atoms with Gasteiger partial charge in [-0.25, -0.2) is 0 Å². The van der Waals surface area contributed by atoms with Crippen molar-refractivity contribution >= 4 is 5.91 Å². The zero-order valence-corrected chi connectivity index (χ0v) is 15.1. The van der Waals surface area contributed by atoms with Gasteiger partial charge < -0.3 is 10.1 Å². The summed E-state index contributed by atoms with van der Waals surface area (Å²) < 4.78 is 5.36. The van der Waals surface area contributed by atoms with Gasteiger partial charge in [-0.15, -0.1) is 0 Å². The fraction of sp³-hybridized carbons (Fsp3) is 0.667. The van der Waals surface area contributed by atoms with Crippen LogP contribution >= 0.6 is 0 Å². The molecule has 1 aromatic rings. The van der Waals surface area contributed by atoms with Gasteiger partial charge in [0.25, 0.3) is 0 Å². The lowest BCUT2D eigenvalue weighted by atomic mass is 9.91. The number of benzene rings is 1. The van der Waals surface area contributed by atoms with E-state index < -0.39 is 0 Å². The van der Waals surface area contributed by atoms with E-state index in [2.05, 4.69) is 28.4 Å². The summed E-state index contributed by atoms with van der Waals surface area (Å²) in [6.45, 7) is 3.90. The van der Waals surface area contributed by atoms with Crippen molar-refractivity contribution in [3.05, 3.63) is 34.9 Å². The van der Waals surface area contributed by atoms with E-state index in [-0.39, 0.29) is 11.9 Å². The van der Waals surface area contributed by atoms with E-state index in [0.29, 0.717) is 6.42 Å². The number of carbonyl (C=O) groups is 1. The Bertz CT molecular complexity index is 606. The van der Waals surface area contributed by atoms with Crippen molar-refractivity contribution in [1.82, 2.24) is 10.2 Å². The molecule has 2 fully saturated rings. The Labute approximate surface area is 150 Å². The van der Waals surface area contributed by atoms with E-state index in [1.165, 1.54) is 43.5 Å². The standard InChI is InChI=1S/C21H30N2O2/c24-21(22-19-8-12-25-13-9-19)15-16-4-5-17-6-10-23(20-2-1-3-20)11-7-18(17)14-16/h4-5,14,19-20H,1-3,6-13,15H2,(H,22,24). The maximum Gasteiger partial charge on any atom is 0.224 e. The Hall–Kier alpha value is -1.39. The molecule has 0 unspecified atom stereocenters. The van der Waals surface area contributed by atoms with Gasteiger partial charge in [-0.2, -0.15) is 0 Å². The Morgan fingerprint density at radius 2 is 1.84 bits per heavy atom. The van der Waals surface area contributed by atoms with Crippen LogP contribution in [0.15, 0.2) is 18.2 Å². The van der Waals surface area contributed by atoms with Crippen molar-refractivity contribution in [2.24, 2.45) is 0 Å². The Balaban J connectivity index is 1.34. The third-order valence-electron chi connectivity index (χ3n) is 6.15. The monoisotopic (exact) mass is 342 g/mol. The normalized spacial score (nSPS) is 22.7. The minimum absolute atomic E-state index is 0.150. The van der Waals surface area contributed by atoms with Gasteiger partial charge in [-0.3, -0.25) is 9.69 Å². The van der Waals surface area contributed by atoms with Crippen LogP contribution in [0.5, 0.6) is 0 Å². The van der Waals surface area contributed by atoms with Crippen LogP contribution in [-0.4, -0.2) is 49.2 Å². The average molecular weight is 342 g/mol. The van der Waals surface area contributed by atoms with E-state index in [9.17, 15) is 4.79 Å². The van der Waals surface area contributed by atoms with Crippen LogP contribution < -0.4 is 5.32 Å². The van der Waals surface area contributed by atoms with Crippen molar-refractivity contribution in [2.45, 2.75) is 63.5 Å². The van der Waals surface area contributed by atoms with Crippen molar-refractivity contribution < 1.29 is 9.53 Å². The highest BCUT2D eigenvalue weighted by Gasteiger charge is 2.26. The summed E-state index contributed by atoms with van der Waals surface area (Å²) in [5.41, 5.74) is 4.09. The van der Waals surface area contributed by atoms with E-state index in [0.717, 1.165) is 50.5 Å². The molecular weight excluding hydrogens is 312 g/mol. The van der Waals surface area contributed by atoms with E-state index >= 15 is 0 Å². The third kappa shape index (κ3) is 4.24. The van der Waals surface area contributed by atoms with E-state index in [1.54, 1.807) is 0 Å². The zero-order chi connectivity index (χ0) is 17.1. The van der Waals surface area contributed by atoms with E-state index in [1.807, 2.05) is 0 Å². The first-order valence-electron chi connectivity index (χ1n) is 10.00. The summed E-state index contributed by atoms with van der Waals surface area (Å²) >= 11 is 0. The summed E-state index contributed by atoms with van der Waals surface area (Å²) in [6, 6.07) is 7.82. The second-order valence-electron chi connectivity index (χ2n) is 7.85. The zero-order valence-electron chi connectivity index (χ0n) is 15.1. The molecule has 0 spiro atoms. The molecule has 1 aromatic carbocycles. The number of nitrogens with zero attached hydrogens (tertiary/aromatic N) is 1. The molecule has 0 bridgehead atoms. The fourth-order valence-corrected chi connectivity index (χ4v) is 4.33. The topological polar surface area (TPSA) is 41.6 Å². The highest BCUT2D eigenvalue weighted by Crippen LogP contribution is 2.27. The molecule has 1 amide bonds. The molecule has 25 heavy (non-hydrogen) atoms. The molecule has 2 heterocycles. The first kappa shape index (κ1) is 17.0. The first-order chi connectivity index (χ1) is 12.3. The number of nitrogens with one attached hydrogen (secondary N) is 1. The molecule has 1 N–H and O–H groups in total. The predicted octanol–water partition coefficient (Wildman–Crippen LogP) is 2.48. The van der Waals surface area contributed by atoms with Crippen molar-refractivity contribution in [3.63, 3.8) is 0 Å². The van der Waals surface area contributed by atoms with Crippen LogP contribution in [0.2, 0.25) is 0 Å². The lowest BCUT2D eigenvalue weighted by molar-refractivity contribution is -0.121. The molecule has 1 saturated heterocycles. The molecule has 2 aliphatic heterocycles. The maximum atomic E-state index is 12.3. The summed E-state index contributed by atoms with van der Waals surface area (Å²) in [4.78, 5) is 15.0. The van der Waals surface area contributed by atoms with Gasteiger partial charge in [-0.05, 0) is 55.2 Å². The van der Waals surface area contributed by atoms with Crippen molar-refractivity contribution in [1.29, 1.82) is 0 Å². The molecule has 0 aromatic heterocycles. The number of carbonyl (C=O) groups excluding carboxylic acids is 1. The number of hydrogen-bond acceptors (Lipinski definition) is 3. The summed E-state index contributed by atoms with van der Waals surface area (Å²) in [5, 5.41) is 3.17. The van der Waals surface area contributed by atoms with Crippen LogP contribution in [0.1, 0.15) is 48.8 Å². The largest absolute Gasteiger partial charge is 0.381 e. The van der Waals surface area contributed by atoms with Gasteiger partial charge in [0.2, 0.25) is 5.91 Å². The Morgan fingerprint density at radius 1 is 1.08 bits per heavy atom. The van der Waals surface area contributed by atoms with E-state index in [4.69, 9.17) is 4.74 Å². The van der Waals surface area contributed by atoms with Gasteiger partial charge in [0.1, 0.15) is 0 Å². The molecule has 0 radical (unpaired) electrons. The number of rotatable bonds is 4. The van der Waals surface area contributed by atoms with Crippen molar-refractivity contribution in [2.75, 3.05) is 26.3 Å². The Morgan fingerprint density at radius 3 is 2.56 bits per heavy atom. The van der Waals surface area contributed by atoms with Crippen LogP contribution in [0, 0.1) is 0 Å². The van der Waals surface area contributed by atoms with Gasteiger partial charge >= 0.3 is 0 Å². The molecule has 1 aliphatic carbocycles. The summed E-state index contributed by atoms with van der Waals surface area (Å²) in [5.74, 6) is 0.150. The summed E-state index contributed by atoms with van der Waals surface area (Å²) in [6.07, 6.45) is 8.82. The van der Waals surface area contributed by atoms with Gasteiger partial charge in [0, 0.05) is 38.4 Å². The van der Waals surface area contributed by atoms with Crippen LogP contribution in [0.3, 0.4) is 0 Å². The van der Waals surface area contributed by atoms with Gasteiger partial charge in [0.05, 0.1) is 6.42 Å². The molecule has 136 valence electrons. The van der Waals surface area contributed by atoms with Crippen LogP contribution in [0.4, 0.5) is 0 Å². The number of amides is 1. The molecule has 3 aliphatic rings. The summed E-state index contributed by atoms with van der Waals surface area (Å²) in [7, 11) is 0. The van der Waals surface area contributed by atoms with Gasteiger partial charge in [-0.1, -0.05) is 24.6 Å². The minimum atomic E-state index is 0.150. The highest BCUT2D eigenvalue weighted by molar-refractivity contribution is 5.79. The second-order valence-corrected chi connectivity index (χ2v) is 7.85. The fourth-order valence-electron chi connectivity index (χ4n) is 4.33. The van der Waals surface area contributed by atoms with Gasteiger partial charge in [0.15, 0.2) is 0 Å². The molecule has 0 atom stereocenters. The second kappa shape index (κ2) is 7.88. The smallest absolute Gasteiger partial charge is 0.224 e. The molecule has 4 rings (SSSR count). The predicted molar refractivity (Wildman–Crippen MR) is 98.7 cm³/mol. The molecular formula is C21H30N2O2. The lowest BCUT2D eigenvalue weighted by Gasteiger charge is -2.36. The van der Waals surface area contributed by atoms with Crippen molar-refractivity contribution in [3.8, 4) is 0 Å². The quantitative estimate of drug-likeness (QED) is 0.914. The number of hydrogen-bond donors (Lipinski definition) is 1. The lowest BCUT2D eigenvalue weighted by Crippen LogP contribution is -2.41. The average Bonchev–Trinajstić information content (AvgIpc) is 2.77. The minimum Gasteiger partial charge on any atom is -0.381 e. The number of ether oxygens (including phenoxy) is 1. The third-order valence-corrected chi connectivity index (χ3v) is 6.15. The molecule has 4 heteroatoms. The first-order valence-corrected chi connectivity index (χ1v) is 10.00. The maximum absolute atomic E-state index is 12.3. The highest BCUT2D eigenvalue weighted by atomic mass is 16.5. The molecule has 4 nitrogen and oxygen atoms in total. The Kier molecular flexibility index (Phi) is 5.37. The van der Waals surface area contributed by atoms with Crippen LogP contribution in [-0.2, 0) is 28.8 Å². The van der Waals surface area contributed by atoms with Crippen LogP contribution in [0.25, 0.3) is 0 Å². The molecule has 1 saturated carbocycles. The number of fused-ring (bicyclic) bond motifs is 1.